The minimum Gasteiger partial charge on any atom is -0.366 e. The summed E-state index contributed by atoms with van der Waals surface area (Å²) in [4.78, 5) is 17.8. The number of hydrogen-bond donors (Lipinski definition) is 1. The molecule has 4 heteroatoms. The third-order valence-electron chi connectivity index (χ3n) is 3.73. The second-order valence-corrected chi connectivity index (χ2v) is 4.75. The summed E-state index contributed by atoms with van der Waals surface area (Å²) in [5.41, 5.74) is 5.82. The lowest BCUT2D eigenvalue weighted by molar-refractivity contribution is 0.1000. The van der Waals surface area contributed by atoms with E-state index in [1.54, 1.807) is 12.3 Å². The molecule has 16 heavy (non-hydrogen) atoms. The second kappa shape index (κ2) is 3.47. The van der Waals surface area contributed by atoms with Crippen molar-refractivity contribution in [3.8, 4) is 0 Å². The van der Waals surface area contributed by atoms with Crippen LogP contribution in [-0.2, 0) is 0 Å². The number of hydrogen-bond acceptors (Lipinski definition) is 3. The molecule has 0 spiro atoms. The number of carbonyl (C=O) groups excluding carboxylic acids is 1. The van der Waals surface area contributed by atoms with E-state index in [1.165, 1.54) is 19.3 Å². The van der Waals surface area contributed by atoms with E-state index in [9.17, 15) is 4.79 Å². The normalized spacial score (nSPS) is 27.4. The Morgan fingerprint density at radius 3 is 3.00 bits per heavy atom. The fourth-order valence-electron chi connectivity index (χ4n) is 2.93. The Kier molecular flexibility index (Phi) is 2.09. The first-order valence-electron chi connectivity index (χ1n) is 5.76. The van der Waals surface area contributed by atoms with Gasteiger partial charge in [0.05, 0.1) is 0 Å². The highest BCUT2D eigenvalue weighted by Crippen LogP contribution is 2.39. The third kappa shape index (κ3) is 1.45. The summed E-state index contributed by atoms with van der Waals surface area (Å²) in [5.74, 6) is 1.35. The van der Waals surface area contributed by atoms with Crippen LogP contribution in [0.1, 0.15) is 29.6 Å². The number of nitrogens with zero attached hydrogens (tertiary/aromatic N) is 2. The summed E-state index contributed by atoms with van der Waals surface area (Å²) >= 11 is 0. The van der Waals surface area contributed by atoms with Crippen molar-refractivity contribution in [3.63, 3.8) is 0 Å². The molecule has 1 saturated heterocycles. The first-order chi connectivity index (χ1) is 7.74. The molecular weight excluding hydrogens is 202 g/mol. The number of piperidine rings is 1. The number of fused-ring (bicyclic) bond motifs is 2. The highest BCUT2D eigenvalue weighted by atomic mass is 16.1. The molecule has 4 nitrogen and oxygen atoms in total. The molecule has 2 N–H and O–H groups in total. The van der Waals surface area contributed by atoms with Crippen LogP contribution in [0.25, 0.3) is 0 Å². The van der Waals surface area contributed by atoms with Gasteiger partial charge < -0.3 is 10.6 Å². The van der Waals surface area contributed by atoms with Crippen LogP contribution in [0.3, 0.4) is 0 Å². The average molecular weight is 217 g/mol. The molecule has 3 rings (SSSR count). The molecule has 1 aromatic rings. The highest BCUT2D eigenvalue weighted by Gasteiger charge is 2.38. The quantitative estimate of drug-likeness (QED) is 0.809. The first kappa shape index (κ1) is 9.63. The molecule has 2 fully saturated rings. The SMILES string of the molecule is NC(=O)c1ccnc(N2C[C@H]3CC[C@@H]2C3)c1. The van der Waals surface area contributed by atoms with Crippen molar-refractivity contribution in [3.05, 3.63) is 23.9 Å². The van der Waals surface area contributed by atoms with Crippen molar-refractivity contribution in [2.24, 2.45) is 11.7 Å². The average Bonchev–Trinajstić information content (AvgIpc) is 2.91. The Morgan fingerprint density at radius 1 is 1.50 bits per heavy atom. The molecule has 0 unspecified atom stereocenters. The van der Waals surface area contributed by atoms with Gasteiger partial charge >= 0.3 is 0 Å². The summed E-state index contributed by atoms with van der Waals surface area (Å²) in [7, 11) is 0. The lowest BCUT2D eigenvalue weighted by Gasteiger charge is -2.28. The van der Waals surface area contributed by atoms with Gasteiger partial charge in [-0.1, -0.05) is 0 Å². The monoisotopic (exact) mass is 217 g/mol. The maximum Gasteiger partial charge on any atom is 0.248 e. The van der Waals surface area contributed by atoms with Gasteiger partial charge in [0.1, 0.15) is 5.82 Å². The second-order valence-electron chi connectivity index (χ2n) is 4.75. The molecule has 2 heterocycles. The summed E-state index contributed by atoms with van der Waals surface area (Å²) in [6.07, 6.45) is 5.55. The predicted octanol–water partition coefficient (Wildman–Crippen LogP) is 1.17. The minimum atomic E-state index is -0.381. The van der Waals surface area contributed by atoms with Gasteiger partial charge in [0.15, 0.2) is 0 Å². The van der Waals surface area contributed by atoms with E-state index in [1.807, 2.05) is 6.07 Å². The molecule has 2 atom stereocenters. The zero-order chi connectivity index (χ0) is 11.1. The smallest absolute Gasteiger partial charge is 0.248 e. The molecular formula is C12H15N3O. The van der Waals surface area contributed by atoms with Crippen molar-refractivity contribution in [1.82, 2.24) is 4.98 Å². The van der Waals surface area contributed by atoms with Gasteiger partial charge in [-0.05, 0) is 37.3 Å². The van der Waals surface area contributed by atoms with Crippen LogP contribution in [0.4, 0.5) is 5.82 Å². The van der Waals surface area contributed by atoms with Crippen molar-refractivity contribution in [2.75, 3.05) is 11.4 Å². The van der Waals surface area contributed by atoms with Crippen molar-refractivity contribution < 1.29 is 4.79 Å². The van der Waals surface area contributed by atoms with Crippen LogP contribution in [0, 0.1) is 5.92 Å². The molecule has 2 aliphatic rings. The van der Waals surface area contributed by atoms with Gasteiger partial charge in [0.2, 0.25) is 5.91 Å². The van der Waals surface area contributed by atoms with Gasteiger partial charge in [-0.2, -0.15) is 0 Å². The van der Waals surface area contributed by atoms with Gasteiger partial charge in [0, 0.05) is 24.3 Å². The number of carbonyl (C=O) groups is 1. The maximum atomic E-state index is 11.1. The Hall–Kier alpha value is -1.58. The standard InChI is InChI=1S/C12H15N3O/c13-12(16)9-3-4-14-11(6-9)15-7-8-1-2-10(15)5-8/h3-4,6,8,10H,1-2,5,7H2,(H2,13,16)/t8-,10+/m0/s1. The van der Waals surface area contributed by atoms with Gasteiger partial charge in [0.25, 0.3) is 0 Å². The number of pyridine rings is 1. The van der Waals surface area contributed by atoms with Crippen molar-refractivity contribution in [1.29, 1.82) is 0 Å². The van der Waals surface area contributed by atoms with Crippen LogP contribution in [-0.4, -0.2) is 23.5 Å². The van der Waals surface area contributed by atoms with E-state index in [-0.39, 0.29) is 5.91 Å². The summed E-state index contributed by atoms with van der Waals surface area (Å²) < 4.78 is 0. The number of rotatable bonds is 2. The number of amides is 1. The molecule has 2 bridgehead atoms. The Labute approximate surface area is 94.5 Å². The number of primary amides is 1. The van der Waals surface area contributed by atoms with E-state index in [0.717, 1.165) is 18.3 Å². The van der Waals surface area contributed by atoms with Crippen LogP contribution in [0.15, 0.2) is 18.3 Å². The molecule has 0 aromatic carbocycles. The van der Waals surface area contributed by atoms with Gasteiger partial charge in [-0.3, -0.25) is 4.79 Å². The van der Waals surface area contributed by atoms with Crippen LogP contribution in [0.5, 0.6) is 0 Å². The number of aromatic nitrogens is 1. The van der Waals surface area contributed by atoms with Crippen molar-refractivity contribution >= 4 is 11.7 Å². The van der Waals surface area contributed by atoms with E-state index >= 15 is 0 Å². The maximum absolute atomic E-state index is 11.1. The molecule has 1 aliphatic heterocycles. The molecule has 1 saturated carbocycles. The van der Waals surface area contributed by atoms with Gasteiger partial charge in [-0.25, -0.2) is 4.98 Å². The summed E-state index contributed by atoms with van der Waals surface area (Å²) in [5, 5.41) is 0. The molecule has 1 amide bonds. The Morgan fingerprint density at radius 2 is 2.38 bits per heavy atom. The molecule has 1 aromatic heterocycles. The van der Waals surface area contributed by atoms with Crippen LogP contribution in [0.2, 0.25) is 0 Å². The van der Waals surface area contributed by atoms with Gasteiger partial charge in [-0.15, -0.1) is 0 Å². The fourth-order valence-corrected chi connectivity index (χ4v) is 2.93. The molecule has 0 radical (unpaired) electrons. The van der Waals surface area contributed by atoms with Crippen LogP contribution >= 0.6 is 0 Å². The summed E-state index contributed by atoms with van der Waals surface area (Å²) in [6, 6.07) is 4.10. The zero-order valence-electron chi connectivity index (χ0n) is 9.10. The van der Waals surface area contributed by atoms with E-state index in [2.05, 4.69) is 9.88 Å². The highest BCUT2D eigenvalue weighted by molar-refractivity contribution is 5.93. The Bertz CT molecular complexity index is 432. The van der Waals surface area contributed by atoms with E-state index in [4.69, 9.17) is 5.73 Å². The van der Waals surface area contributed by atoms with Crippen molar-refractivity contribution in [2.45, 2.75) is 25.3 Å². The first-order valence-corrected chi connectivity index (χ1v) is 5.76. The van der Waals surface area contributed by atoms with E-state index < -0.39 is 0 Å². The predicted molar refractivity (Wildman–Crippen MR) is 61.2 cm³/mol. The van der Waals surface area contributed by atoms with E-state index in [0.29, 0.717) is 11.6 Å². The minimum absolute atomic E-state index is 0.381. The zero-order valence-corrected chi connectivity index (χ0v) is 9.10. The third-order valence-corrected chi connectivity index (χ3v) is 3.73. The number of anilines is 1. The lowest BCUT2D eigenvalue weighted by atomic mass is 10.1. The van der Waals surface area contributed by atoms with Crippen LogP contribution < -0.4 is 10.6 Å². The lowest BCUT2D eigenvalue weighted by Crippen LogP contribution is -2.32. The molecule has 1 aliphatic carbocycles. The largest absolute Gasteiger partial charge is 0.366 e. The fraction of sp³-hybridized carbons (Fsp3) is 0.500. The molecule has 84 valence electrons. The topological polar surface area (TPSA) is 59.2 Å². The summed E-state index contributed by atoms with van der Waals surface area (Å²) in [6.45, 7) is 1.08. The number of nitrogens with two attached hydrogens (primary N) is 1. The Balaban J connectivity index is 1.89.